The molecule has 0 unspecified atom stereocenters. The molecule has 4 heteroatoms. The van der Waals surface area contributed by atoms with E-state index in [2.05, 4.69) is 10.3 Å². The highest BCUT2D eigenvalue weighted by Gasteiger charge is 2.00. The van der Waals surface area contributed by atoms with Gasteiger partial charge in [0.2, 0.25) is 5.91 Å². The van der Waals surface area contributed by atoms with Crippen molar-refractivity contribution >= 4 is 5.91 Å². The third-order valence-electron chi connectivity index (χ3n) is 1.55. The Bertz CT molecular complexity index is 261. The third kappa shape index (κ3) is 3.66. The van der Waals surface area contributed by atoms with Crippen LogP contribution < -0.4 is 11.1 Å². The van der Waals surface area contributed by atoms with Crippen molar-refractivity contribution in [3.63, 3.8) is 0 Å². The van der Waals surface area contributed by atoms with Crippen LogP contribution in [0.1, 0.15) is 5.56 Å². The van der Waals surface area contributed by atoms with Gasteiger partial charge in [-0.25, -0.2) is 0 Å². The summed E-state index contributed by atoms with van der Waals surface area (Å²) in [4.78, 5) is 15.1. The molecule has 1 rings (SSSR count). The molecule has 0 aliphatic rings. The van der Waals surface area contributed by atoms with Crippen molar-refractivity contribution in [2.24, 2.45) is 5.73 Å². The zero-order valence-electron chi connectivity index (χ0n) is 7.36. The van der Waals surface area contributed by atoms with Crippen molar-refractivity contribution in [2.75, 3.05) is 13.1 Å². The van der Waals surface area contributed by atoms with E-state index in [1.54, 1.807) is 12.4 Å². The van der Waals surface area contributed by atoms with Gasteiger partial charge in [0, 0.05) is 25.5 Å². The Balaban J connectivity index is 2.37. The van der Waals surface area contributed by atoms with Crippen LogP contribution in [-0.4, -0.2) is 24.0 Å². The summed E-state index contributed by atoms with van der Waals surface area (Å²) in [6.07, 6.45) is 3.73. The van der Waals surface area contributed by atoms with Crippen LogP contribution >= 0.6 is 0 Å². The molecule has 0 saturated carbocycles. The summed E-state index contributed by atoms with van der Waals surface area (Å²) in [5.41, 5.74) is 6.16. The van der Waals surface area contributed by atoms with Crippen molar-refractivity contribution in [1.82, 2.24) is 10.3 Å². The van der Waals surface area contributed by atoms with Crippen LogP contribution in [0, 0.1) is 0 Å². The minimum Gasteiger partial charge on any atom is -0.355 e. The molecule has 1 amide bonds. The van der Waals surface area contributed by atoms with Gasteiger partial charge in [-0.15, -0.1) is 0 Å². The van der Waals surface area contributed by atoms with Crippen LogP contribution in [0.15, 0.2) is 24.5 Å². The molecule has 13 heavy (non-hydrogen) atoms. The quantitative estimate of drug-likeness (QED) is 0.666. The third-order valence-corrected chi connectivity index (χ3v) is 1.55. The average Bonchev–Trinajstić information content (AvgIpc) is 2.16. The molecule has 1 aromatic heterocycles. The molecule has 1 aromatic rings. The predicted molar refractivity (Wildman–Crippen MR) is 50.0 cm³/mol. The summed E-state index contributed by atoms with van der Waals surface area (Å²) in [5, 5.41) is 2.69. The fraction of sp³-hybridized carbons (Fsp3) is 0.333. The van der Waals surface area contributed by atoms with E-state index < -0.39 is 0 Å². The largest absolute Gasteiger partial charge is 0.355 e. The maximum absolute atomic E-state index is 11.2. The lowest BCUT2D eigenvalue weighted by atomic mass is 10.2. The summed E-state index contributed by atoms with van der Waals surface area (Å²) in [6, 6.07) is 3.68. The summed E-state index contributed by atoms with van der Waals surface area (Å²) in [6.45, 7) is 0.998. The van der Waals surface area contributed by atoms with Gasteiger partial charge >= 0.3 is 0 Å². The number of amides is 1. The Hall–Kier alpha value is -1.42. The van der Waals surface area contributed by atoms with Crippen molar-refractivity contribution in [3.05, 3.63) is 30.1 Å². The smallest absolute Gasteiger partial charge is 0.224 e. The molecule has 0 aliphatic carbocycles. The van der Waals surface area contributed by atoms with Crippen LogP contribution in [-0.2, 0) is 11.2 Å². The molecule has 4 nitrogen and oxygen atoms in total. The van der Waals surface area contributed by atoms with Gasteiger partial charge in [-0.3, -0.25) is 9.78 Å². The Kier molecular flexibility index (Phi) is 3.92. The zero-order valence-corrected chi connectivity index (χ0v) is 7.36. The van der Waals surface area contributed by atoms with Gasteiger partial charge in [0.25, 0.3) is 0 Å². The summed E-state index contributed by atoms with van der Waals surface area (Å²) < 4.78 is 0. The first kappa shape index (κ1) is 9.67. The Morgan fingerprint density at radius 2 is 2.46 bits per heavy atom. The SMILES string of the molecule is NCCNC(=O)Cc1cccnc1. The predicted octanol–water partition coefficient (Wildman–Crippen LogP) is -0.301. The van der Waals surface area contributed by atoms with E-state index in [0.717, 1.165) is 5.56 Å². The number of carbonyl (C=O) groups is 1. The molecular formula is C9H13N3O. The number of pyridine rings is 1. The van der Waals surface area contributed by atoms with Gasteiger partial charge in [0.1, 0.15) is 0 Å². The number of hydrogen-bond acceptors (Lipinski definition) is 3. The Labute approximate surface area is 77.2 Å². The second-order valence-corrected chi connectivity index (χ2v) is 2.68. The van der Waals surface area contributed by atoms with E-state index in [1.165, 1.54) is 0 Å². The summed E-state index contributed by atoms with van der Waals surface area (Å²) in [7, 11) is 0. The number of hydrogen-bond donors (Lipinski definition) is 2. The fourth-order valence-electron chi connectivity index (χ4n) is 0.962. The average molecular weight is 179 g/mol. The second kappa shape index (κ2) is 5.27. The molecule has 0 aliphatic heterocycles. The van der Waals surface area contributed by atoms with Gasteiger partial charge in [0.15, 0.2) is 0 Å². The molecule has 0 radical (unpaired) electrons. The van der Waals surface area contributed by atoms with E-state index in [0.29, 0.717) is 19.5 Å². The lowest BCUT2D eigenvalue weighted by molar-refractivity contribution is -0.120. The van der Waals surface area contributed by atoms with Gasteiger partial charge in [-0.1, -0.05) is 6.07 Å². The lowest BCUT2D eigenvalue weighted by Gasteiger charge is -2.02. The first-order valence-corrected chi connectivity index (χ1v) is 4.18. The Morgan fingerprint density at radius 1 is 1.62 bits per heavy atom. The van der Waals surface area contributed by atoms with Gasteiger partial charge in [-0.05, 0) is 11.6 Å². The number of nitrogens with two attached hydrogens (primary N) is 1. The molecule has 0 spiro atoms. The molecule has 0 saturated heterocycles. The maximum Gasteiger partial charge on any atom is 0.224 e. The van der Waals surface area contributed by atoms with Crippen molar-refractivity contribution in [3.8, 4) is 0 Å². The van der Waals surface area contributed by atoms with E-state index in [1.807, 2.05) is 12.1 Å². The van der Waals surface area contributed by atoms with Crippen LogP contribution in [0.25, 0.3) is 0 Å². The second-order valence-electron chi connectivity index (χ2n) is 2.68. The Morgan fingerprint density at radius 3 is 3.08 bits per heavy atom. The first-order valence-electron chi connectivity index (χ1n) is 4.18. The molecular weight excluding hydrogens is 166 g/mol. The highest BCUT2D eigenvalue weighted by atomic mass is 16.1. The number of nitrogens with one attached hydrogen (secondary N) is 1. The maximum atomic E-state index is 11.2. The van der Waals surface area contributed by atoms with Crippen LogP contribution in [0.2, 0.25) is 0 Å². The van der Waals surface area contributed by atoms with Gasteiger partial charge in [0.05, 0.1) is 6.42 Å². The fourth-order valence-corrected chi connectivity index (χ4v) is 0.962. The van der Waals surface area contributed by atoms with Crippen LogP contribution in [0.3, 0.4) is 0 Å². The van der Waals surface area contributed by atoms with Crippen molar-refractivity contribution in [1.29, 1.82) is 0 Å². The molecule has 0 bridgehead atoms. The van der Waals surface area contributed by atoms with E-state index >= 15 is 0 Å². The number of rotatable bonds is 4. The monoisotopic (exact) mass is 179 g/mol. The summed E-state index contributed by atoms with van der Waals surface area (Å²) in [5.74, 6) is -0.0153. The van der Waals surface area contributed by atoms with Gasteiger partial charge < -0.3 is 11.1 Å². The first-order chi connectivity index (χ1) is 6.33. The van der Waals surface area contributed by atoms with E-state index in [9.17, 15) is 4.79 Å². The van der Waals surface area contributed by atoms with Crippen LogP contribution in [0.4, 0.5) is 0 Å². The van der Waals surface area contributed by atoms with Crippen molar-refractivity contribution in [2.45, 2.75) is 6.42 Å². The highest BCUT2D eigenvalue weighted by molar-refractivity contribution is 5.78. The molecule has 3 N–H and O–H groups in total. The van der Waals surface area contributed by atoms with E-state index in [-0.39, 0.29) is 5.91 Å². The minimum atomic E-state index is -0.0153. The lowest BCUT2D eigenvalue weighted by Crippen LogP contribution is -2.30. The number of nitrogens with zero attached hydrogens (tertiary/aromatic N) is 1. The molecule has 1 heterocycles. The zero-order chi connectivity index (χ0) is 9.52. The van der Waals surface area contributed by atoms with Crippen molar-refractivity contribution < 1.29 is 4.79 Å². The normalized spacial score (nSPS) is 9.62. The standard InChI is InChI=1S/C9H13N3O/c10-3-5-12-9(13)6-8-2-1-4-11-7-8/h1-2,4,7H,3,5-6,10H2,(H,12,13). The molecule has 0 fully saturated rings. The number of carbonyl (C=O) groups excluding carboxylic acids is 1. The minimum absolute atomic E-state index is 0.0153. The van der Waals surface area contributed by atoms with Crippen LogP contribution in [0.5, 0.6) is 0 Å². The topological polar surface area (TPSA) is 68.0 Å². The molecule has 70 valence electrons. The highest BCUT2D eigenvalue weighted by Crippen LogP contribution is 1.95. The molecule has 0 aromatic carbocycles. The number of aromatic nitrogens is 1. The van der Waals surface area contributed by atoms with Gasteiger partial charge in [-0.2, -0.15) is 0 Å². The summed E-state index contributed by atoms with van der Waals surface area (Å²) >= 11 is 0. The molecule has 0 atom stereocenters. The van der Waals surface area contributed by atoms with E-state index in [4.69, 9.17) is 5.73 Å².